The van der Waals surface area contributed by atoms with E-state index in [1.54, 1.807) is 23.9 Å². The lowest BCUT2D eigenvalue weighted by Gasteiger charge is -2.31. The molecule has 1 aromatic heterocycles. The van der Waals surface area contributed by atoms with Crippen molar-refractivity contribution in [2.75, 3.05) is 32.7 Å². The van der Waals surface area contributed by atoms with E-state index in [1.165, 1.54) is 12.1 Å². The van der Waals surface area contributed by atoms with Gasteiger partial charge in [-0.2, -0.15) is 0 Å². The summed E-state index contributed by atoms with van der Waals surface area (Å²) >= 11 is 1.73. The maximum Gasteiger partial charge on any atom is 0.237 e. The van der Waals surface area contributed by atoms with Gasteiger partial charge in [-0.25, -0.2) is 4.39 Å². The van der Waals surface area contributed by atoms with Crippen LogP contribution in [0.1, 0.15) is 38.7 Å². The number of halogens is 1. The standard InChI is InChI=1S/C27H33FN4OS/c1-26(2)25(33)30-27(34-26,13-5-6-16-31-17-14-29-15-18-31)23-19-32(21-11-9-20(28)10-12-21)24-8-4-3-7-22(23)24/h3-4,7-12,19,29H,5-6,13-18H2,1-2H3,(H,30,33). The fraction of sp³-hybridized carbons (Fsp3) is 0.444. The summed E-state index contributed by atoms with van der Waals surface area (Å²) in [7, 11) is 0. The monoisotopic (exact) mass is 480 g/mol. The van der Waals surface area contributed by atoms with Crippen LogP contribution in [-0.4, -0.2) is 52.8 Å². The van der Waals surface area contributed by atoms with Gasteiger partial charge in [-0.15, -0.1) is 11.8 Å². The third-order valence-electron chi connectivity index (χ3n) is 7.01. The van der Waals surface area contributed by atoms with Gasteiger partial charge in [-0.3, -0.25) is 4.79 Å². The molecular weight excluding hydrogens is 447 g/mol. The number of thioether (sulfide) groups is 1. The summed E-state index contributed by atoms with van der Waals surface area (Å²) in [6.07, 6.45) is 5.15. The molecule has 2 aliphatic rings. The number of para-hydroxylation sites is 1. The molecule has 1 atom stereocenters. The van der Waals surface area contributed by atoms with Gasteiger partial charge in [-0.05, 0) is 70.0 Å². The molecule has 3 aromatic rings. The Kier molecular flexibility index (Phi) is 6.44. The lowest BCUT2D eigenvalue weighted by molar-refractivity contribution is -0.122. The molecule has 0 aliphatic carbocycles. The first-order valence-corrected chi connectivity index (χ1v) is 13.0. The molecule has 2 aliphatic heterocycles. The highest BCUT2D eigenvalue weighted by Crippen LogP contribution is 2.52. The van der Waals surface area contributed by atoms with Gasteiger partial charge in [0.05, 0.1) is 10.3 Å². The van der Waals surface area contributed by atoms with Crippen molar-refractivity contribution in [2.24, 2.45) is 0 Å². The summed E-state index contributed by atoms with van der Waals surface area (Å²) in [6, 6.07) is 14.9. The van der Waals surface area contributed by atoms with Crippen LogP contribution in [0.5, 0.6) is 0 Å². The number of rotatable bonds is 7. The minimum Gasteiger partial charge on any atom is -0.336 e. The number of piperazine rings is 1. The van der Waals surface area contributed by atoms with Crippen molar-refractivity contribution in [1.82, 2.24) is 20.1 Å². The van der Waals surface area contributed by atoms with Crippen LogP contribution in [0, 0.1) is 5.82 Å². The van der Waals surface area contributed by atoms with Crippen LogP contribution < -0.4 is 10.6 Å². The van der Waals surface area contributed by atoms with Gasteiger partial charge in [0, 0.05) is 49.0 Å². The second kappa shape index (κ2) is 9.36. The zero-order valence-corrected chi connectivity index (χ0v) is 20.8. The Morgan fingerprint density at radius 1 is 1.03 bits per heavy atom. The summed E-state index contributed by atoms with van der Waals surface area (Å²) < 4.78 is 15.2. The van der Waals surface area contributed by atoms with Crippen molar-refractivity contribution in [1.29, 1.82) is 0 Å². The SMILES string of the molecule is CC1(C)SC(CCCCN2CCNCC2)(c2cn(-c3ccc(F)cc3)c3ccccc23)NC1=O. The molecular formula is C27H33FN4OS. The maximum atomic E-state index is 13.6. The van der Waals surface area contributed by atoms with Crippen LogP contribution in [0.15, 0.2) is 54.7 Å². The van der Waals surface area contributed by atoms with E-state index in [2.05, 4.69) is 38.4 Å². The number of carbonyl (C=O) groups excluding carboxylic acids is 1. The Morgan fingerprint density at radius 3 is 2.47 bits per heavy atom. The van der Waals surface area contributed by atoms with Crippen LogP contribution in [-0.2, 0) is 9.67 Å². The normalized spacial score (nSPS) is 22.9. The van der Waals surface area contributed by atoms with Crippen molar-refractivity contribution < 1.29 is 9.18 Å². The molecule has 1 unspecified atom stereocenters. The van der Waals surface area contributed by atoms with E-state index in [0.29, 0.717) is 0 Å². The van der Waals surface area contributed by atoms with Crippen molar-refractivity contribution in [3.8, 4) is 5.69 Å². The number of nitrogens with one attached hydrogen (secondary N) is 2. The highest BCUT2D eigenvalue weighted by atomic mass is 32.2. The molecule has 2 N–H and O–H groups in total. The number of amides is 1. The molecule has 5 nitrogen and oxygen atoms in total. The van der Waals surface area contributed by atoms with E-state index in [9.17, 15) is 9.18 Å². The van der Waals surface area contributed by atoms with Crippen LogP contribution >= 0.6 is 11.8 Å². The first-order valence-electron chi connectivity index (χ1n) is 12.2. The molecule has 5 rings (SSSR count). The van der Waals surface area contributed by atoms with Crippen LogP contribution in [0.2, 0.25) is 0 Å². The molecule has 0 spiro atoms. The molecule has 34 heavy (non-hydrogen) atoms. The number of fused-ring (bicyclic) bond motifs is 1. The van der Waals surface area contributed by atoms with Crippen molar-refractivity contribution in [3.63, 3.8) is 0 Å². The van der Waals surface area contributed by atoms with Gasteiger partial charge in [0.1, 0.15) is 10.7 Å². The van der Waals surface area contributed by atoms with E-state index >= 15 is 0 Å². The minimum absolute atomic E-state index is 0.0817. The second-order valence-electron chi connectivity index (χ2n) is 9.85. The lowest BCUT2D eigenvalue weighted by Crippen LogP contribution is -2.43. The fourth-order valence-electron chi connectivity index (χ4n) is 5.17. The zero-order valence-electron chi connectivity index (χ0n) is 19.9. The Hall–Kier alpha value is -2.35. The lowest BCUT2D eigenvalue weighted by atomic mass is 9.98. The zero-order chi connectivity index (χ0) is 23.8. The topological polar surface area (TPSA) is 49.3 Å². The van der Waals surface area contributed by atoms with Crippen molar-refractivity contribution in [3.05, 3.63) is 66.1 Å². The average molecular weight is 481 g/mol. The average Bonchev–Trinajstić information content (AvgIpc) is 3.33. The maximum absolute atomic E-state index is 13.6. The molecule has 2 saturated heterocycles. The van der Waals surface area contributed by atoms with E-state index in [4.69, 9.17) is 0 Å². The number of benzene rings is 2. The number of carbonyl (C=O) groups is 1. The Balaban J connectivity index is 1.48. The Bertz CT molecular complexity index is 1170. The van der Waals surface area contributed by atoms with Crippen molar-refractivity contribution >= 4 is 28.6 Å². The number of unbranched alkanes of at least 4 members (excludes halogenated alkanes) is 1. The van der Waals surface area contributed by atoms with Gasteiger partial charge in [0.2, 0.25) is 5.91 Å². The molecule has 2 aromatic carbocycles. The number of hydrogen-bond acceptors (Lipinski definition) is 4. The summed E-state index contributed by atoms with van der Waals surface area (Å²) in [5.41, 5.74) is 3.09. The number of nitrogens with zero attached hydrogens (tertiary/aromatic N) is 2. The van der Waals surface area contributed by atoms with Gasteiger partial charge >= 0.3 is 0 Å². The predicted molar refractivity (Wildman–Crippen MR) is 138 cm³/mol. The molecule has 0 saturated carbocycles. The third kappa shape index (κ3) is 4.49. The quantitative estimate of drug-likeness (QED) is 0.484. The first kappa shape index (κ1) is 23.4. The van der Waals surface area contributed by atoms with E-state index in [0.717, 1.165) is 74.1 Å². The first-order chi connectivity index (χ1) is 16.4. The highest BCUT2D eigenvalue weighted by Gasteiger charge is 2.51. The van der Waals surface area contributed by atoms with Gasteiger partial charge in [-0.1, -0.05) is 18.2 Å². The summed E-state index contributed by atoms with van der Waals surface area (Å²) in [4.78, 5) is 15.1. The Labute approximate surface area is 205 Å². The minimum atomic E-state index is -0.502. The summed E-state index contributed by atoms with van der Waals surface area (Å²) in [5, 5.41) is 7.94. The number of hydrogen-bond donors (Lipinski definition) is 2. The van der Waals surface area contributed by atoms with Gasteiger partial charge < -0.3 is 20.1 Å². The van der Waals surface area contributed by atoms with Crippen molar-refractivity contribution in [2.45, 2.75) is 42.7 Å². The van der Waals surface area contributed by atoms with Gasteiger partial charge in [0.25, 0.3) is 0 Å². The fourth-order valence-corrected chi connectivity index (χ4v) is 6.85. The Morgan fingerprint density at radius 2 is 1.76 bits per heavy atom. The van der Waals surface area contributed by atoms with Gasteiger partial charge in [0.15, 0.2) is 0 Å². The van der Waals surface area contributed by atoms with Crippen LogP contribution in [0.25, 0.3) is 16.6 Å². The third-order valence-corrected chi connectivity index (χ3v) is 8.58. The predicted octanol–water partition coefficient (Wildman–Crippen LogP) is 4.64. The highest BCUT2D eigenvalue weighted by molar-refractivity contribution is 8.02. The molecule has 0 radical (unpaired) electrons. The molecule has 180 valence electrons. The summed E-state index contributed by atoms with van der Waals surface area (Å²) in [6.45, 7) is 9.45. The molecule has 1 amide bonds. The molecule has 0 bridgehead atoms. The van der Waals surface area contributed by atoms with E-state index in [1.807, 2.05) is 26.0 Å². The van der Waals surface area contributed by atoms with E-state index in [-0.39, 0.29) is 11.7 Å². The second-order valence-corrected chi connectivity index (χ2v) is 11.8. The molecule has 3 heterocycles. The summed E-state index contributed by atoms with van der Waals surface area (Å²) in [5.74, 6) is -0.167. The molecule has 7 heteroatoms. The molecule has 2 fully saturated rings. The largest absolute Gasteiger partial charge is 0.336 e. The number of aromatic nitrogens is 1. The van der Waals surface area contributed by atoms with Crippen LogP contribution in [0.3, 0.4) is 0 Å². The van der Waals surface area contributed by atoms with Crippen LogP contribution in [0.4, 0.5) is 4.39 Å². The smallest absolute Gasteiger partial charge is 0.237 e. The van der Waals surface area contributed by atoms with E-state index < -0.39 is 9.62 Å².